The first-order valence-electron chi connectivity index (χ1n) is 10.7. The number of esters is 1. The monoisotopic (exact) mass is 494 g/mol. The van der Waals surface area contributed by atoms with E-state index in [1.54, 1.807) is 11.8 Å². The lowest BCUT2D eigenvalue weighted by Crippen LogP contribution is -2.36. The highest BCUT2D eigenvalue weighted by atomic mass is 32.2. The molecule has 0 saturated heterocycles. The SMILES string of the molecule is COC[C@@H](C)NS(=O)(=O)c1sc2c(c1C(=O)OC)CCN(C(=O)CCc1ccc(C)cc1)C2. The van der Waals surface area contributed by atoms with Gasteiger partial charge >= 0.3 is 5.97 Å². The number of nitrogens with zero attached hydrogens (tertiary/aromatic N) is 1. The van der Waals surface area contributed by atoms with Crippen LogP contribution in [-0.4, -0.2) is 58.6 Å². The highest BCUT2D eigenvalue weighted by Crippen LogP contribution is 2.37. The maximum absolute atomic E-state index is 13.0. The highest BCUT2D eigenvalue weighted by Gasteiger charge is 2.35. The molecule has 33 heavy (non-hydrogen) atoms. The minimum Gasteiger partial charge on any atom is -0.465 e. The van der Waals surface area contributed by atoms with Crippen LogP contribution in [0.15, 0.2) is 28.5 Å². The Morgan fingerprint density at radius 2 is 1.91 bits per heavy atom. The fourth-order valence-electron chi connectivity index (χ4n) is 3.86. The summed E-state index contributed by atoms with van der Waals surface area (Å²) in [7, 11) is -1.25. The van der Waals surface area contributed by atoms with E-state index >= 15 is 0 Å². The molecule has 1 aromatic carbocycles. The van der Waals surface area contributed by atoms with E-state index in [2.05, 4.69) is 4.72 Å². The molecule has 3 rings (SSSR count). The summed E-state index contributed by atoms with van der Waals surface area (Å²) in [4.78, 5) is 27.8. The Hall–Kier alpha value is -2.27. The molecular weight excluding hydrogens is 464 g/mol. The van der Waals surface area contributed by atoms with Crippen molar-refractivity contribution in [2.45, 2.75) is 49.9 Å². The van der Waals surface area contributed by atoms with Gasteiger partial charge < -0.3 is 14.4 Å². The summed E-state index contributed by atoms with van der Waals surface area (Å²) < 4.78 is 38.4. The van der Waals surface area contributed by atoms with Crippen LogP contribution in [0.25, 0.3) is 0 Å². The van der Waals surface area contributed by atoms with E-state index < -0.39 is 22.0 Å². The molecule has 0 aliphatic carbocycles. The normalized spacial score (nSPS) is 14.6. The van der Waals surface area contributed by atoms with Gasteiger partial charge in [-0.2, -0.15) is 0 Å². The number of nitrogens with one attached hydrogen (secondary N) is 1. The summed E-state index contributed by atoms with van der Waals surface area (Å²) in [6, 6.07) is 7.62. The summed E-state index contributed by atoms with van der Waals surface area (Å²) in [5.41, 5.74) is 2.99. The first-order valence-corrected chi connectivity index (χ1v) is 13.0. The van der Waals surface area contributed by atoms with Gasteiger partial charge in [0.05, 0.1) is 25.8 Å². The Labute approximate surface area is 198 Å². The first kappa shape index (κ1) is 25.4. The Kier molecular flexibility index (Phi) is 8.28. The molecule has 2 aromatic rings. The van der Waals surface area contributed by atoms with Gasteiger partial charge in [-0.05, 0) is 37.8 Å². The molecule has 0 unspecified atom stereocenters. The Morgan fingerprint density at radius 1 is 1.21 bits per heavy atom. The first-order chi connectivity index (χ1) is 15.7. The van der Waals surface area contributed by atoms with Gasteiger partial charge in [-0.15, -0.1) is 11.3 Å². The summed E-state index contributed by atoms with van der Waals surface area (Å²) >= 11 is 1.02. The minimum absolute atomic E-state index is 0.00509. The van der Waals surface area contributed by atoms with Crippen LogP contribution in [0.1, 0.15) is 45.3 Å². The van der Waals surface area contributed by atoms with Crippen molar-refractivity contribution in [1.82, 2.24) is 9.62 Å². The number of carbonyl (C=O) groups is 2. The average Bonchev–Trinajstić information content (AvgIpc) is 3.17. The lowest BCUT2D eigenvalue weighted by molar-refractivity contribution is -0.132. The molecule has 1 N–H and O–H groups in total. The number of hydrogen-bond acceptors (Lipinski definition) is 7. The van der Waals surface area contributed by atoms with Crippen molar-refractivity contribution < 1.29 is 27.5 Å². The molecule has 8 nitrogen and oxygen atoms in total. The molecule has 1 atom stereocenters. The summed E-state index contributed by atoms with van der Waals surface area (Å²) in [5, 5.41) is 0. The van der Waals surface area contributed by atoms with Crippen molar-refractivity contribution in [3.05, 3.63) is 51.4 Å². The molecule has 0 bridgehead atoms. The van der Waals surface area contributed by atoms with Crippen LogP contribution < -0.4 is 4.72 Å². The standard InChI is InChI=1S/C23H30N2O6S2/c1-15-5-7-17(8-6-15)9-10-20(26)25-12-11-18-19(13-25)32-23(21(18)22(27)31-4)33(28,29)24-16(2)14-30-3/h5-8,16,24H,9-14H2,1-4H3/t16-/m1/s1. The number of hydrogen-bond donors (Lipinski definition) is 1. The number of benzene rings is 1. The van der Waals surface area contributed by atoms with Crippen molar-refractivity contribution in [2.24, 2.45) is 0 Å². The van der Waals surface area contributed by atoms with Gasteiger partial charge in [0.15, 0.2) is 0 Å². The zero-order valence-corrected chi connectivity index (χ0v) is 21.0. The van der Waals surface area contributed by atoms with Gasteiger partial charge in [0.25, 0.3) is 10.0 Å². The molecule has 1 amide bonds. The maximum atomic E-state index is 13.0. The average molecular weight is 495 g/mol. The van der Waals surface area contributed by atoms with Crippen LogP contribution in [0.2, 0.25) is 0 Å². The van der Waals surface area contributed by atoms with Gasteiger partial charge in [-0.25, -0.2) is 17.9 Å². The molecular formula is C23H30N2O6S2. The third-order valence-corrected chi connectivity index (χ3v) is 8.86. The second-order valence-corrected chi connectivity index (χ2v) is 11.2. The topological polar surface area (TPSA) is 102 Å². The Balaban J connectivity index is 1.80. The second-order valence-electron chi connectivity index (χ2n) is 8.19. The van der Waals surface area contributed by atoms with Gasteiger partial charge in [0, 0.05) is 31.0 Å². The number of thiophene rings is 1. The molecule has 0 saturated carbocycles. The third-order valence-electron chi connectivity index (χ3n) is 5.53. The van der Waals surface area contributed by atoms with Crippen LogP contribution >= 0.6 is 11.3 Å². The van der Waals surface area contributed by atoms with E-state index in [4.69, 9.17) is 9.47 Å². The summed E-state index contributed by atoms with van der Waals surface area (Å²) in [6.45, 7) is 4.60. The highest BCUT2D eigenvalue weighted by molar-refractivity contribution is 7.91. The molecule has 180 valence electrons. The van der Waals surface area contributed by atoms with Crippen LogP contribution in [-0.2, 0) is 43.7 Å². The Morgan fingerprint density at radius 3 is 2.55 bits per heavy atom. The number of ether oxygens (including phenoxy) is 2. The van der Waals surface area contributed by atoms with E-state index in [0.717, 1.165) is 16.9 Å². The van der Waals surface area contributed by atoms with Crippen molar-refractivity contribution in [3.8, 4) is 0 Å². The molecule has 0 fully saturated rings. The van der Waals surface area contributed by atoms with E-state index in [1.807, 2.05) is 31.2 Å². The zero-order chi connectivity index (χ0) is 24.2. The number of sulfonamides is 1. The quantitative estimate of drug-likeness (QED) is 0.538. The fourth-order valence-corrected chi connectivity index (χ4v) is 7.00. The van der Waals surface area contributed by atoms with E-state index in [-0.39, 0.29) is 28.8 Å². The predicted octanol–water partition coefficient (Wildman–Crippen LogP) is 2.67. The van der Waals surface area contributed by atoms with Gasteiger partial charge in [0.1, 0.15) is 4.21 Å². The maximum Gasteiger partial charge on any atom is 0.340 e. The minimum atomic E-state index is -3.96. The van der Waals surface area contributed by atoms with Crippen molar-refractivity contribution >= 4 is 33.2 Å². The third kappa shape index (κ3) is 6.00. The molecule has 0 spiro atoms. The second kappa shape index (κ2) is 10.8. The van der Waals surface area contributed by atoms with Gasteiger partial charge in [-0.1, -0.05) is 29.8 Å². The fraction of sp³-hybridized carbons (Fsp3) is 0.478. The Bertz CT molecular complexity index is 1110. The summed E-state index contributed by atoms with van der Waals surface area (Å²) in [5.74, 6) is -0.683. The number of rotatable bonds is 9. The number of carbonyl (C=O) groups excluding carboxylic acids is 2. The van der Waals surface area contributed by atoms with Crippen LogP contribution in [0.5, 0.6) is 0 Å². The molecule has 1 aliphatic rings. The number of methoxy groups -OCH3 is 2. The van der Waals surface area contributed by atoms with E-state index in [9.17, 15) is 18.0 Å². The molecule has 1 aromatic heterocycles. The molecule has 10 heteroatoms. The largest absolute Gasteiger partial charge is 0.465 e. The van der Waals surface area contributed by atoms with Crippen LogP contribution in [0.4, 0.5) is 0 Å². The van der Waals surface area contributed by atoms with E-state index in [0.29, 0.717) is 36.2 Å². The van der Waals surface area contributed by atoms with Crippen molar-refractivity contribution in [1.29, 1.82) is 0 Å². The molecule has 2 heterocycles. The smallest absolute Gasteiger partial charge is 0.340 e. The number of amides is 1. The zero-order valence-electron chi connectivity index (χ0n) is 19.3. The molecule has 0 radical (unpaired) electrons. The van der Waals surface area contributed by atoms with E-state index in [1.165, 1.54) is 19.8 Å². The molecule has 1 aliphatic heterocycles. The van der Waals surface area contributed by atoms with Crippen molar-refractivity contribution in [3.63, 3.8) is 0 Å². The van der Waals surface area contributed by atoms with Crippen LogP contribution in [0, 0.1) is 6.92 Å². The predicted molar refractivity (Wildman–Crippen MR) is 126 cm³/mol. The number of fused-ring (bicyclic) bond motifs is 1. The van der Waals surface area contributed by atoms with Crippen molar-refractivity contribution in [2.75, 3.05) is 27.4 Å². The lowest BCUT2D eigenvalue weighted by atomic mass is 10.0. The van der Waals surface area contributed by atoms with Gasteiger partial charge in [-0.3, -0.25) is 4.79 Å². The number of aryl methyl sites for hydroxylation is 2. The van der Waals surface area contributed by atoms with Crippen LogP contribution in [0.3, 0.4) is 0 Å². The summed E-state index contributed by atoms with van der Waals surface area (Å²) in [6.07, 6.45) is 1.41. The lowest BCUT2D eigenvalue weighted by Gasteiger charge is -2.27. The van der Waals surface area contributed by atoms with Gasteiger partial charge in [0.2, 0.25) is 5.91 Å².